The van der Waals surface area contributed by atoms with Crippen molar-refractivity contribution in [2.45, 2.75) is 39.5 Å². The molecule has 0 saturated heterocycles. The van der Waals surface area contributed by atoms with Crippen LogP contribution in [0.4, 0.5) is 0 Å². The van der Waals surface area contributed by atoms with Gasteiger partial charge >= 0.3 is 5.97 Å². The van der Waals surface area contributed by atoms with Crippen molar-refractivity contribution in [3.63, 3.8) is 0 Å². The van der Waals surface area contributed by atoms with Crippen LogP contribution in [0.15, 0.2) is 17.1 Å². The number of phenols is 1. The number of ether oxygens (including phenoxy) is 1. The van der Waals surface area contributed by atoms with Crippen LogP contribution in [0.5, 0.6) is 11.5 Å². The number of carboxylic acids is 1. The molecule has 30 heavy (non-hydrogen) atoms. The van der Waals surface area contributed by atoms with E-state index in [1.807, 2.05) is 6.92 Å². The average molecular weight is 439 g/mol. The molecular weight excluding hydrogens is 412 g/mol. The number of benzene rings is 1. The first-order valence-corrected chi connectivity index (χ1v) is 10.5. The first-order chi connectivity index (χ1) is 14.3. The van der Waals surface area contributed by atoms with Crippen molar-refractivity contribution in [3.05, 3.63) is 23.3 Å². The quantitative estimate of drug-likeness (QED) is 0.176. The SMILES string of the molecule is CCCc1c(OCCCSN2NCN=C2NC(=O)CC(=O)O)ccc(C(C)=O)c1O. The van der Waals surface area contributed by atoms with Gasteiger partial charge in [-0.2, -0.15) is 5.43 Å². The van der Waals surface area contributed by atoms with E-state index in [0.717, 1.165) is 6.42 Å². The second-order valence-electron chi connectivity index (χ2n) is 6.49. The molecule has 0 fully saturated rings. The van der Waals surface area contributed by atoms with Crippen LogP contribution in [0.1, 0.15) is 49.0 Å². The first kappa shape index (κ1) is 23.5. The molecule has 1 aliphatic heterocycles. The predicted octanol–water partition coefficient (Wildman–Crippen LogP) is 1.69. The number of nitrogens with one attached hydrogen (secondary N) is 2. The highest BCUT2D eigenvalue weighted by molar-refractivity contribution is 7.97. The Bertz CT molecular complexity index is 829. The third-order valence-electron chi connectivity index (χ3n) is 4.08. The molecule has 0 bridgehead atoms. The molecule has 0 aromatic heterocycles. The van der Waals surface area contributed by atoms with Crippen LogP contribution in [-0.4, -0.2) is 57.3 Å². The number of aliphatic carboxylic acids is 1. The van der Waals surface area contributed by atoms with E-state index in [2.05, 4.69) is 15.7 Å². The Labute approximate surface area is 178 Å². The Morgan fingerprint density at radius 1 is 1.37 bits per heavy atom. The summed E-state index contributed by atoms with van der Waals surface area (Å²) in [4.78, 5) is 37.9. The van der Waals surface area contributed by atoms with Crippen molar-refractivity contribution in [2.24, 2.45) is 4.99 Å². The van der Waals surface area contributed by atoms with Crippen molar-refractivity contribution in [1.82, 2.24) is 15.2 Å². The fraction of sp³-hybridized carbons (Fsp3) is 0.474. The molecule has 0 saturated carbocycles. The smallest absolute Gasteiger partial charge is 0.312 e. The number of aliphatic imine (C=N–C) groups is 1. The maximum Gasteiger partial charge on any atom is 0.312 e. The van der Waals surface area contributed by atoms with Crippen molar-refractivity contribution in [3.8, 4) is 11.5 Å². The molecule has 0 radical (unpaired) electrons. The van der Waals surface area contributed by atoms with Gasteiger partial charge in [-0.1, -0.05) is 13.3 Å². The van der Waals surface area contributed by atoms with Crippen molar-refractivity contribution in [2.75, 3.05) is 19.0 Å². The minimum atomic E-state index is -1.21. The lowest BCUT2D eigenvalue weighted by Gasteiger charge is -2.19. The molecule has 2 rings (SSSR count). The topological polar surface area (TPSA) is 141 Å². The molecule has 0 atom stereocenters. The summed E-state index contributed by atoms with van der Waals surface area (Å²) in [6, 6.07) is 3.27. The van der Waals surface area contributed by atoms with Crippen LogP contribution < -0.4 is 15.5 Å². The highest BCUT2D eigenvalue weighted by Crippen LogP contribution is 2.33. The molecule has 164 valence electrons. The van der Waals surface area contributed by atoms with E-state index in [0.29, 0.717) is 42.1 Å². The van der Waals surface area contributed by atoms with Crippen LogP contribution in [-0.2, 0) is 16.0 Å². The maximum absolute atomic E-state index is 11.6. The number of carbonyl (C=O) groups is 3. The number of hydrogen-bond donors (Lipinski definition) is 4. The summed E-state index contributed by atoms with van der Waals surface area (Å²) in [7, 11) is 0. The molecule has 1 amide bonds. The van der Waals surface area contributed by atoms with Gasteiger partial charge in [0.05, 0.1) is 12.2 Å². The second kappa shape index (κ2) is 11.4. The zero-order valence-corrected chi connectivity index (χ0v) is 17.8. The molecule has 4 N–H and O–H groups in total. The molecule has 11 heteroatoms. The highest BCUT2D eigenvalue weighted by atomic mass is 32.2. The zero-order valence-electron chi connectivity index (χ0n) is 16.9. The third-order valence-corrected chi connectivity index (χ3v) is 5.12. The summed E-state index contributed by atoms with van der Waals surface area (Å²) in [5.41, 5.74) is 3.87. The van der Waals surface area contributed by atoms with Gasteiger partial charge in [0.1, 0.15) is 24.6 Å². The molecule has 0 aliphatic carbocycles. The van der Waals surface area contributed by atoms with E-state index < -0.39 is 18.3 Å². The van der Waals surface area contributed by atoms with Gasteiger partial charge < -0.3 is 14.9 Å². The zero-order chi connectivity index (χ0) is 22.1. The summed E-state index contributed by atoms with van der Waals surface area (Å²) in [5.74, 6) is -0.596. The monoisotopic (exact) mass is 438 g/mol. The molecule has 0 spiro atoms. The van der Waals surface area contributed by atoms with Crippen molar-refractivity contribution < 1.29 is 29.3 Å². The Morgan fingerprint density at radius 3 is 2.80 bits per heavy atom. The maximum atomic E-state index is 11.6. The standard InChI is InChI=1S/C19H26N4O6S/c1-3-5-14-15(7-6-13(12(2)24)18(14)28)29-8-4-9-30-23-19(20-11-21-23)22-16(25)10-17(26)27/h6-7,21,28H,3-5,8-11H2,1-2H3,(H,26,27)(H,20,22,25). The fourth-order valence-electron chi connectivity index (χ4n) is 2.74. The number of Topliss-reactive ketones (excluding diaryl/α,β-unsaturated/α-hetero) is 1. The van der Waals surface area contributed by atoms with Gasteiger partial charge in [0.15, 0.2) is 5.78 Å². The molecule has 1 aliphatic rings. The number of aromatic hydroxyl groups is 1. The van der Waals surface area contributed by atoms with E-state index in [4.69, 9.17) is 9.84 Å². The number of hydrogen-bond acceptors (Lipinski definition) is 9. The minimum absolute atomic E-state index is 0.0181. The fourth-order valence-corrected chi connectivity index (χ4v) is 3.55. The van der Waals surface area contributed by atoms with Crippen LogP contribution in [0.3, 0.4) is 0 Å². The number of guanidine groups is 1. The van der Waals surface area contributed by atoms with Crippen molar-refractivity contribution >= 4 is 35.6 Å². The van der Waals surface area contributed by atoms with E-state index in [-0.39, 0.29) is 24.2 Å². The molecular formula is C19H26N4O6S. The van der Waals surface area contributed by atoms with Crippen LogP contribution in [0.25, 0.3) is 0 Å². The molecule has 10 nitrogen and oxygen atoms in total. The lowest BCUT2D eigenvalue weighted by Crippen LogP contribution is -2.42. The first-order valence-electron chi connectivity index (χ1n) is 9.54. The van der Waals surface area contributed by atoms with Gasteiger partial charge in [0.25, 0.3) is 0 Å². The van der Waals surface area contributed by atoms with E-state index in [9.17, 15) is 19.5 Å². The van der Waals surface area contributed by atoms with Gasteiger partial charge in [-0.3, -0.25) is 19.7 Å². The average Bonchev–Trinajstić information content (AvgIpc) is 3.09. The Kier molecular flexibility index (Phi) is 8.93. The number of carbonyl (C=O) groups excluding carboxylic acids is 2. The predicted molar refractivity (Wildman–Crippen MR) is 112 cm³/mol. The Morgan fingerprint density at radius 2 is 2.13 bits per heavy atom. The Balaban J connectivity index is 1.82. The third kappa shape index (κ3) is 6.63. The van der Waals surface area contributed by atoms with Crippen LogP contribution in [0.2, 0.25) is 0 Å². The number of carboxylic acid groups (broad SMARTS) is 1. The summed E-state index contributed by atoms with van der Waals surface area (Å²) in [6.07, 6.45) is 1.45. The van der Waals surface area contributed by atoms with E-state index in [1.54, 1.807) is 16.5 Å². The van der Waals surface area contributed by atoms with Crippen LogP contribution in [0, 0.1) is 0 Å². The molecule has 0 unspecified atom stereocenters. The second-order valence-corrected chi connectivity index (χ2v) is 7.52. The van der Waals surface area contributed by atoms with Crippen LogP contribution >= 0.6 is 11.9 Å². The lowest BCUT2D eigenvalue weighted by molar-refractivity contribution is -0.140. The number of amides is 1. The number of rotatable bonds is 11. The highest BCUT2D eigenvalue weighted by Gasteiger charge is 2.20. The number of hydrazine groups is 1. The summed E-state index contributed by atoms with van der Waals surface area (Å²) < 4.78 is 7.40. The van der Waals surface area contributed by atoms with Gasteiger partial charge in [0, 0.05) is 11.3 Å². The number of nitrogens with zero attached hydrogens (tertiary/aromatic N) is 2. The molecule has 1 aromatic carbocycles. The largest absolute Gasteiger partial charge is 0.507 e. The van der Waals surface area contributed by atoms with E-state index in [1.165, 1.54) is 18.9 Å². The van der Waals surface area contributed by atoms with Gasteiger partial charge in [-0.05, 0) is 43.8 Å². The van der Waals surface area contributed by atoms with Gasteiger partial charge in [-0.15, -0.1) is 0 Å². The van der Waals surface area contributed by atoms with Gasteiger partial charge in [0.2, 0.25) is 11.9 Å². The van der Waals surface area contributed by atoms with Gasteiger partial charge in [-0.25, -0.2) is 9.41 Å². The Hall–Kier alpha value is -2.79. The molecule has 1 heterocycles. The number of phenolic OH excluding ortho intramolecular Hbond substituents is 1. The summed E-state index contributed by atoms with van der Waals surface area (Å²) >= 11 is 1.37. The summed E-state index contributed by atoms with van der Waals surface area (Å²) in [5, 5.41) is 21.5. The van der Waals surface area contributed by atoms with Crippen molar-refractivity contribution in [1.29, 1.82) is 0 Å². The van der Waals surface area contributed by atoms with E-state index >= 15 is 0 Å². The summed E-state index contributed by atoms with van der Waals surface area (Å²) in [6.45, 7) is 4.08. The normalized spacial score (nSPS) is 13.1. The minimum Gasteiger partial charge on any atom is -0.507 e. The molecule has 1 aromatic rings. The lowest BCUT2D eigenvalue weighted by atomic mass is 10.0. The number of ketones is 1.